The molecule has 0 saturated carbocycles. The van der Waals surface area contributed by atoms with E-state index in [0.29, 0.717) is 22.5 Å². The molecule has 0 aliphatic rings. The number of hydrogen-bond donors (Lipinski definition) is 3. The lowest BCUT2D eigenvalue weighted by atomic mass is 9.87. The van der Waals surface area contributed by atoms with Gasteiger partial charge in [-0.1, -0.05) is 57.2 Å². The molecule has 0 saturated heterocycles. The molecule has 7 nitrogen and oxygen atoms in total. The van der Waals surface area contributed by atoms with Crippen LogP contribution in [0, 0.1) is 0 Å². The van der Waals surface area contributed by atoms with Gasteiger partial charge in [-0.05, 0) is 23.1 Å². The Morgan fingerprint density at radius 3 is 2.24 bits per heavy atom. The monoisotopic (exact) mass is 393 g/mol. The number of carbonyl (C=O) groups is 2. The van der Waals surface area contributed by atoms with Gasteiger partial charge >= 0.3 is 11.9 Å². The number of benzene rings is 2. The molecule has 0 unspecified atom stereocenters. The van der Waals surface area contributed by atoms with E-state index in [4.69, 9.17) is 5.11 Å². The molecule has 29 heavy (non-hydrogen) atoms. The standard InChI is InChI=1S/C22H23N3O4/c1-22(2,3)14-10-8-13(9-11-14)19-23-16-7-5-4-6-15(16)20(25-19)24-17(21(28)29)12-18(26)27/h4-11,17H,12H2,1-3H3,(H,26,27)(H,28,29)(H,23,24,25)/t17-/m1/s1. The van der Waals surface area contributed by atoms with Gasteiger partial charge in [-0.3, -0.25) is 4.79 Å². The van der Waals surface area contributed by atoms with Crippen LogP contribution in [0.3, 0.4) is 0 Å². The van der Waals surface area contributed by atoms with E-state index in [1.807, 2.05) is 36.4 Å². The molecule has 0 spiro atoms. The maximum Gasteiger partial charge on any atom is 0.326 e. The predicted molar refractivity (Wildman–Crippen MR) is 111 cm³/mol. The molecule has 0 bridgehead atoms. The Morgan fingerprint density at radius 2 is 1.66 bits per heavy atom. The number of aliphatic carboxylic acids is 2. The van der Waals surface area contributed by atoms with Gasteiger partial charge in [0.2, 0.25) is 0 Å². The van der Waals surface area contributed by atoms with Gasteiger partial charge in [-0.2, -0.15) is 0 Å². The topological polar surface area (TPSA) is 112 Å². The van der Waals surface area contributed by atoms with Crippen LogP contribution < -0.4 is 5.32 Å². The number of rotatable bonds is 6. The number of nitrogens with zero attached hydrogens (tertiary/aromatic N) is 2. The number of carboxylic acids is 2. The maximum atomic E-state index is 11.5. The molecule has 150 valence electrons. The number of aromatic nitrogens is 2. The Hall–Kier alpha value is -3.48. The minimum absolute atomic E-state index is 0.0149. The number of hydrogen-bond acceptors (Lipinski definition) is 5. The lowest BCUT2D eigenvalue weighted by molar-refractivity contribution is -0.144. The first kappa shape index (κ1) is 20.3. The van der Waals surface area contributed by atoms with E-state index >= 15 is 0 Å². The van der Waals surface area contributed by atoms with Crippen LogP contribution in [0.1, 0.15) is 32.8 Å². The summed E-state index contributed by atoms with van der Waals surface area (Å²) >= 11 is 0. The van der Waals surface area contributed by atoms with Crippen LogP contribution in [0.15, 0.2) is 48.5 Å². The highest BCUT2D eigenvalue weighted by Gasteiger charge is 2.23. The van der Waals surface area contributed by atoms with Crippen LogP contribution in [0.5, 0.6) is 0 Å². The SMILES string of the molecule is CC(C)(C)c1ccc(-c2nc(N[C@H](CC(=O)O)C(=O)O)c3ccccc3n2)cc1. The van der Waals surface area contributed by atoms with Crippen molar-refractivity contribution < 1.29 is 19.8 Å². The third kappa shape index (κ3) is 4.68. The highest BCUT2D eigenvalue weighted by molar-refractivity contribution is 5.93. The third-order valence-corrected chi connectivity index (χ3v) is 4.60. The second-order valence-corrected chi connectivity index (χ2v) is 7.87. The molecule has 0 radical (unpaired) electrons. The van der Waals surface area contributed by atoms with Crippen molar-refractivity contribution in [1.82, 2.24) is 9.97 Å². The summed E-state index contributed by atoms with van der Waals surface area (Å²) < 4.78 is 0. The van der Waals surface area contributed by atoms with E-state index in [-0.39, 0.29) is 5.41 Å². The zero-order valence-electron chi connectivity index (χ0n) is 16.5. The summed E-state index contributed by atoms with van der Waals surface area (Å²) in [6.45, 7) is 6.39. The number of carboxylic acid groups (broad SMARTS) is 2. The van der Waals surface area contributed by atoms with E-state index < -0.39 is 24.4 Å². The van der Waals surface area contributed by atoms with Gasteiger partial charge in [0.15, 0.2) is 5.82 Å². The molecular weight excluding hydrogens is 370 g/mol. The first-order valence-electron chi connectivity index (χ1n) is 9.24. The van der Waals surface area contributed by atoms with Crippen LogP contribution in [-0.4, -0.2) is 38.2 Å². The van der Waals surface area contributed by atoms with Crippen molar-refractivity contribution in [2.75, 3.05) is 5.32 Å². The quantitative estimate of drug-likeness (QED) is 0.581. The molecule has 7 heteroatoms. The number of fused-ring (bicyclic) bond motifs is 1. The smallest absolute Gasteiger partial charge is 0.326 e. The molecule has 0 aliphatic carbocycles. The van der Waals surface area contributed by atoms with Crippen LogP contribution in [0.25, 0.3) is 22.3 Å². The summed E-state index contributed by atoms with van der Waals surface area (Å²) in [5.41, 5.74) is 2.62. The Bertz CT molecular complexity index is 1060. The molecule has 0 amide bonds. The molecule has 3 rings (SSSR count). The third-order valence-electron chi connectivity index (χ3n) is 4.60. The minimum atomic E-state index is -1.30. The van der Waals surface area contributed by atoms with Crippen molar-refractivity contribution >= 4 is 28.7 Å². The fraction of sp³-hybridized carbons (Fsp3) is 0.273. The summed E-state index contributed by atoms with van der Waals surface area (Å²) in [4.78, 5) is 31.6. The van der Waals surface area contributed by atoms with Crippen molar-refractivity contribution in [2.24, 2.45) is 0 Å². The molecule has 3 aromatic rings. The number of para-hydroxylation sites is 1. The van der Waals surface area contributed by atoms with E-state index in [1.165, 1.54) is 5.56 Å². The lowest BCUT2D eigenvalue weighted by Gasteiger charge is -2.19. The first-order valence-corrected chi connectivity index (χ1v) is 9.24. The normalized spacial score (nSPS) is 12.5. The minimum Gasteiger partial charge on any atom is -0.481 e. The van der Waals surface area contributed by atoms with Gasteiger partial charge in [0.25, 0.3) is 0 Å². The molecule has 1 atom stereocenters. The summed E-state index contributed by atoms with van der Waals surface area (Å²) in [5, 5.41) is 21.8. The van der Waals surface area contributed by atoms with Gasteiger partial charge in [0.05, 0.1) is 11.9 Å². The van der Waals surface area contributed by atoms with Crippen molar-refractivity contribution in [3.8, 4) is 11.4 Å². The zero-order valence-corrected chi connectivity index (χ0v) is 16.5. The summed E-state index contributed by atoms with van der Waals surface area (Å²) in [6.07, 6.45) is -0.566. The number of nitrogens with one attached hydrogen (secondary N) is 1. The van der Waals surface area contributed by atoms with Crippen LogP contribution in [0.4, 0.5) is 5.82 Å². The molecular formula is C22H23N3O4. The fourth-order valence-corrected chi connectivity index (χ4v) is 2.97. The van der Waals surface area contributed by atoms with Gasteiger partial charge in [-0.25, -0.2) is 14.8 Å². The average Bonchev–Trinajstić information content (AvgIpc) is 2.66. The summed E-state index contributed by atoms with van der Waals surface area (Å²) in [7, 11) is 0. The van der Waals surface area contributed by atoms with Gasteiger partial charge in [0.1, 0.15) is 11.9 Å². The molecule has 0 fully saturated rings. The Balaban J connectivity index is 2.06. The van der Waals surface area contributed by atoms with Crippen molar-refractivity contribution in [3.63, 3.8) is 0 Å². The van der Waals surface area contributed by atoms with E-state index in [1.54, 1.807) is 12.1 Å². The second kappa shape index (κ2) is 7.87. The van der Waals surface area contributed by atoms with Crippen LogP contribution in [-0.2, 0) is 15.0 Å². The molecule has 3 N–H and O–H groups in total. The second-order valence-electron chi connectivity index (χ2n) is 7.87. The largest absolute Gasteiger partial charge is 0.481 e. The Morgan fingerprint density at radius 1 is 1.00 bits per heavy atom. The lowest BCUT2D eigenvalue weighted by Crippen LogP contribution is -2.32. The highest BCUT2D eigenvalue weighted by Crippen LogP contribution is 2.28. The van der Waals surface area contributed by atoms with Crippen molar-refractivity contribution in [3.05, 3.63) is 54.1 Å². The number of anilines is 1. The summed E-state index contributed by atoms with van der Waals surface area (Å²) in [6, 6.07) is 13.8. The maximum absolute atomic E-state index is 11.5. The first-order chi connectivity index (χ1) is 13.6. The summed E-state index contributed by atoms with van der Waals surface area (Å²) in [5.74, 6) is -1.74. The van der Waals surface area contributed by atoms with Gasteiger partial charge in [0, 0.05) is 10.9 Å². The predicted octanol–water partition coefficient (Wildman–Crippen LogP) is 3.93. The Kier molecular flexibility index (Phi) is 5.50. The zero-order chi connectivity index (χ0) is 21.2. The van der Waals surface area contributed by atoms with E-state index in [2.05, 4.69) is 36.1 Å². The highest BCUT2D eigenvalue weighted by atomic mass is 16.4. The van der Waals surface area contributed by atoms with Crippen molar-refractivity contribution in [1.29, 1.82) is 0 Å². The molecule has 0 aliphatic heterocycles. The van der Waals surface area contributed by atoms with Gasteiger partial charge < -0.3 is 15.5 Å². The molecule has 1 heterocycles. The van der Waals surface area contributed by atoms with Crippen LogP contribution in [0.2, 0.25) is 0 Å². The van der Waals surface area contributed by atoms with Crippen LogP contribution >= 0.6 is 0 Å². The van der Waals surface area contributed by atoms with E-state index in [9.17, 15) is 14.7 Å². The van der Waals surface area contributed by atoms with Gasteiger partial charge in [-0.15, -0.1) is 0 Å². The van der Waals surface area contributed by atoms with Crippen molar-refractivity contribution in [2.45, 2.75) is 38.6 Å². The Labute approximate surface area is 168 Å². The molecule has 1 aromatic heterocycles. The van der Waals surface area contributed by atoms with E-state index in [0.717, 1.165) is 5.56 Å². The average molecular weight is 393 g/mol. The fourth-order valence-electron chi connectivity index (χ4n) is 2.97. The molecule has 2 aromatic carbocycles.